The van der Waals surface area contributed by atoms with Gasteiger partial charge in [0.15, 0.2) is 0 Å². The maximum Gasteiger partial charge on any atom is 0.251 e. The average Bonchev–Trinajstić information content (AvgIpc) is 3.46. The second kappa shape index (κ2) is 8.23. The van der Waals surface area contributed by atoms with Crippen LogP contribution in [0.25, 0.3) is 0 Å². The Bertz CT molecular complexity index is 906. The first kappa shape index (κ1) is 19.6. The molecule has 2 aromatic rings. The van der Waals surface area contributed by atoms with E-state index < -0.39 is 10.0 Å². The highest BCUT2D eigenvalue weighted by molar-refractivity contribution is 7.89. The van der Waals surface area contributed by atoms with Gasteiger partial charge in [0.1, 0.15) is 0 Å². The molecule has 1 fully saturated rings. The third kappa shape index (κ3) is 4.96. The van der Waals surface area contributed by atoms with Crippen molar-refractivity contribution in [1.29, 1.82) is 0 Å². The highest BCUT2D eigenvalue weighted by Gasteiger charge is 2.28. The van der Waals surface area contributed by atoms with E-state index in [0.717, 1.165) is 24.8 Å². The minimum Gasteiger partial charge on any atom is -0.351 e. The third-order valence-electron chi connectivity index (χ3n) is 4.94. The van der Waals surface area contributed by atoms with Crippen LogP contribution in [0.4, 0.5) is 0 Å². The summed E-state index contributed by atoms with van der Waals surface area (Å²) in [5, 5.41) is 2.97. The second-order valence-electron chi connectivity index (χ2n) is 7.10. The average molecular weight is 387 g/mol. The topological polar surface area (TPSA) is 75.3 Å². The molecule has 1 saturated carbocycles. The zero-order valence-corrected chi connectivity index (χ0v) is 16.6. The van der Waals surface area contributed by atoms with E-state index >= 15 is 0 Å². The van der Waals surface area contributed by atoms with Gasteiger partial charge in [0.25, 0.3) is 5.91 Å². The minimum absolute atomic E-state index is 0.0322. The first-order valence-electron chi connectivity index (χ1n) is 9.37. The van der Waals surface area contributed by atoms with Gasteiger partial charge < -0.3 is 5.32 Å². The van der Waals surface area contributed by atoms with E-state index in [2.05, 4.69) is 29.1 Å². The molecule has 27 heavy (non-hydrogen) atoms. The van der Waals surface area contributed by atoms with Crippen LogP contribution in [0, 0.1) is 6.92 Å². The Morgan fingerprint density at radius 2 is 1.85 bits per heavy atom. The summed E-state index contributed by atoms with van der Waals surface area (Å²) >= 11 is 0. The SMILES string of the molecule is CCC(CNC(=O)c1cc(S(=O)(=O)NC2CC2)ccc1C)c1ccccc1. The van der Waals surface area contributed by atoms with Crippen molar-refractivity contribution in [3.63, 3.8) is 0 Å². The van der Waals surface area contributed by atoms with Crippen LogP contribution in [0.3, 0.4) is 0 Å². The molecule has 1 unspecified atom stereocenters. The quantitative estimate of drug-likeness (QED) is 0.730. The Kier molecular flexibility index (Phi) is 5.97. The van der Waals surface area contributed by atoms with Crippen LogP contribution < -0.4 is 10.0 Å². The number of sulfonamides is 1. The van der Waals surface area contributed by atoms with Crippen molar-refractivity contribution in [2.75, 3.05) is 6.54 Å². The predicted octanol–water partition coefficient (Wildman–Crippen LogP) is 3.36. The lowest BCUT2D eigenvalue weighted by atomic mass is 9.96. The Labute approximate surface area is 161 Å². The molecule has 0 bridgehead atoms. The molecule has 1 atom stereocenters. The largest absolute Gasteiger partial charge is 0.351 e. The minimum atomic E-state index is -3.58. The maximum atomic E-state index is 12.7. The Morgan fingerprint density at radius 3 is 2.48 bits per heavy atom. The van der Waals surface area contributed by atoms with Crippen molar-refractivity contribution in [3.05, 3.63) is 65.2 Å². The molecule has 1 aliphatic carbocycles. The number of amides is 1. The van der Waals surface area contributed by atoms with Gasteiger partial charge in [-0.15, -0.1) is 0 Å². The molecule has 0 saturated heterocycles. The fraction of sp³-hybridized carbons (Fsp3) is 0.381. The predicted molar refractivity (Wildman–Crippen MR) is 106 cm³/mol. The van der Waals surface area contributed by atoms with Crippen molar-refractivity contribution < 1.29 is 13.2 Å². The number of rotatable bonds is 8. The molecule has 6 heteroatoms. The summed E-state index contributed by atoms with van der Waals surface area (Å²) in [7, 11) is -3.58. The van der Waals surface area contributed by atoms with E-state index in [0.29, 0.717) is 12.1 Å². The number of hydrogen-bond acceptors (Lipinski definition) is 3. The second-order valence-corrected chi connectivity index (χ2v) is 8.81. The molecule has 0 aromatic heterocycles. The smallest absolute Gasteiger partial charge is 0.251 e. The van der Waals surface area contributed by atoms with Crippen molar-refractivity contribution >= 4 is 15.9 Å². The molecule has 5 nitrogen and oxygen atoms in total. The number of aryl methyl sites for hydroxylation is 1. The summed E-state index contributed by atoms with van der Waals surface area (Å²) in [4.78, 5) is 12.8. The fourth-order valence-electron chi connectivity index (χ4n) is 3.04. The molecule has 0 radical (unpaired) electrons. The fourth-order valence-corrected chi connectivity index (χ4v) is 4.37. The van der Waals surface area contributed by atoms with Gasteiger partial charge in [0.2, 0.25) is 10.0 Å². The normalized spacial score (nSPS) is 15.3. The molecule has 144 valence electrons. The maximum absolute atomic E-state index is 12.7. The first-order chi connectivity index (χ1) is 12.9. The van der Waals surface area contributed by atoms with Crippen molar-refractivity contribution in [3.8, 4) is 0 Å². The van der Waals surface area contributed by atoms with E-state index in [-0.39, 0.29) is 22.8 Å². The Morgan fingerprint density at radius 1 is 1.15 bits per heavy atom. The number of carbonyl (C=O) groups excluding carboxylic acids is 1. The standard InChI is InChI=1S/C21H26N2O3S/c1-3-16(17-7-5-4-6-8-17)14-22-21(24)20-13-19(12-9-15(20)2)27(25,26)23-18-10-11-18/h4-9,12-13,16,18,23H,3,10-11,14H2,1-2H3,(H,22,24). The summed E-state index contributed by atoms with van der Waals surface area (Å²) in [6.45, 7) is 4.41. The van der Waals surface area contributed by atoms with Gasteiger partial charge in [-0.2, -0.15) is 0 Å². The van der Waals surface area contributed by atoms with Crippen molar-refractivity contribution in [2.45, 2.75) is 50.0 Å². The van der Waals surface area contributed by atoms with Crippen molar-refractivity contribution in [2.24, 2.45) is 0 Å². The molecule has 1 aliphatic rings. The van der Waals surface area contributed by atoms with Crippen LogP contribution >= 0.6 is 0 Å². The molecule has 2 N–H and O–H groups in total. The Balaban J connectivity index is 1.73. The van der Waals surface area contributed by atoms with E-state index in [9.17, 15) is 13.2 Å². The summed E-state index contributed by atoms with van der Waals surface area (Å²) in [6.07, 6.45) is 2.65. The van der Waals surface area contributed by atoms with E-state index in [1.165, 1.54) is 11.6 Å². The van der Waals surface area contributed by atoms with Gasteiger partial charge in [-0.3, -0.25) is 4.79 Å². The van der Waals surface area contributed by atoms with E-state index in [1.54, 1.807) is 12.1 Å². The molecule has 2 aromatic carbocycles. The van der Waals surface area contributed by atoms with Gasteiger partial charge in [0.05, 0.1) is 4.90 Å². The summed E-state index contributed by atoms with van der Waals surface area (Å²) < 4.78 is 27.5. The molecule has 3 rings (SSSR count). The van der Waals surface area contributed by atoms with Crippen LogP contribution in [0.5, 0.6) is 0 Å². The third-order valence-corrected chi connectivity index (χ3v) is 6.45. The molecule has 0 aliphatic heterocycles. The summed E-state index contributed by atoms with van der Waals surface area (Å²) in [5.41, 5.74) is 2.34. The van der Waals surface area contributed by atoms with Crippen molar-refractivity contribution in [1.82, 2.24) is 10.0 Å². The van der Waals surface area contributed by atoms with Gasteiger partial charge in [0, 0.05) is 24.1 Å². The van der Waals surface area contributed by atoms with Crippen LogP contribution in [-0.4, -0.2) is 26.9 Å². The number of carbonyl (C=O) groups is 1. The number of hydrogen-bond donors (Lipinski definition) is 2. The number of nitrogens with one attached hydrogen (secondary N) is 2. The van der Waals surface area contributed by atoms with Crippen LogP contribution in [0.1, 0.15) is 53.6 Å². The summed E-state index contributed by atoms with van der Waals surface area (Å²) in [5.74, 6) is -0.0238. The first-order valence-corrected chi connectivity index (χ1v) is 10.8. The molecule has 1 amide bonds. The highest BCUT2D eigenvalue weighted by Crippen LogP contribution is 2.23. The lowest BCUT2D eigenvalue weighted by Gasteiger charge is -2.17. The Hall–Kier alpha value is -2.18. The van der Waals surface area contributed by atoms with Crippen LogP contribution in [0.15, 0.2) is 53.4 Å². The van der Waals surface area contributed by atoms with Crippen LogP contribution in [0.2, 0.25) is 0 Å². The lowest BCUT2D eigenvalue weighted by molar-refractivity contribution is 0.0950. The zero-order chi connectivity index (χ0) is 19.4. The van der Waals surface area contributed by atoms with Gasteiger partial charge in [-0.1, -0.05) is 43.3 Å². The molecule has 0 heterocycles. The molecular weight excluding hydrogens is 360 g/mol. The van der Waals surface area contributed by atoms with Gasteiger partial charge >= 0.3 is 0 Å². The van der Waals surface area contributed by atoms with E-state index in [1.807, 2.05) is 25.1 Å². The highest BCUT2D eigenvalue weighted by atomic mass is 32.2. The van der Waals surface area contributed by atoms with Crippen LogP contribution in [-0.2, 0) is 10.0 Å². The van der Waals surface area contributed by atoms with Gasteiger partial charge in [-0.05, 0) is 49.4 Å². The number of benzene rings is 2. The molecule has 0 spiro atoms. The molecular formula is C21H26N2O3S. The zero-order valence-electron chi connectivity index (χ0n) is 15.7. The van der Waals surface area contributed by atoms with E-state index in [4.69, 9.17) is 0 Å². The monoisotopic (exact) mass is 386 g/mol. The lowest BCUT2D eigenvalue weighted by Crippen LogP contribution is -2.30. The summed E-state index contributed by atoms with van der Waals surface area (Å²) in [6, 6.07) is 14.8. The van der Waals surface area contributed by atoms with Gasteiger partial charge in [-0.25, -0.2) is 13.1 Å².